The molecule has 3 saturated carbocycles. The van der Waals surface area contributed by atoms with E-state index in [-0.39, 0.29) is 30.0 Å². The van der Waals surface area contributed by atoms with E-state index in [1.54, 1.807) is 0 Å². The normalized spacial score (nSPS) is 41.8. The molecule has 3 fully saturated rings. The summed E-state index contributed by atoms with van der Waals surface area (Å²) in [4.78, 5) is 24.0. The van der Waals surface area contributed by atoms with Crippen molar-refractivity contribution in [3.63, 3.8) is 0 Å². The third kappa shape index (κ3) is 3.57. The van der Waals surface area contributed by atoms with Crippen molar-refractivity contribution in [2.24, 2.45) is 28.6 Å². The Kier molecular flexibility index (Phi) is 5.19. The topological polar surface area (TPSA) is 107 Å². The highest BCUT2D eigenvalue weighted by Gasteiger charge is 2.60. The summed E-state index contributed by atoms with van der Waals surface area (Å²) in [6, 6.07) is 0. The van der Waals surface area contributed by atoms with Gasteiger partial charge in [-0.1, -0.05) is 18.6 Å². The van der Waals surface area contributed by atoms with Gasteiger partial charge in [-0.15, -0.1) is 0 Å². The Bertz CT molecular complexity index is 847. The van der Waals surface area contributed by atoms with Crippen LogP contribution in [-0.2, 0) is 28.9 Å². The Hall–Kier alpha value is -1.25. The van der Waals surface area contributed by atoms with Crippen LogP contribution in [0.5, 0.6) is 0 Å². The molecule has 0 aromatic rings. The molecular weight excluding hydrogens is 396 g/mol. The van der Waals surface area contributed by atoms with Crippen molar-refractivity contribution in [3.05, 3.63) is 11.6 Å². The van der Waals surface area contributed by atoms with Gasteiger partial charge in [0.2, 0.25) is 0 Å². The SMILES string of the molecule is CC(=O)O[C@H]1CC[C@@]2(COS(=O)(=O)O)C(=CC[C@H]3[C@H]2CC[C@@]2(C)C(=O)CC[C@H]32)C1. The van der Waals surface area contributed by atoms with Crippen LogP contribution in [0.2, 0.25) is 0 Å². The van der Waals surface area contributed by atoms with E-state index < -0.39 is 15.8 Å². The van der Waals surface area contributed by atoms with E-state index in [4.69, 9.17) is 8.92 Å². The van der Waals surface area contributed by atoms with E-state index in [0.29, 0.717) is 43.3 Å². The number of hydrogen-bond donors (Lipinski definition) is 1. The average molecular weight is 427 g/mol. The molecule has 0 radical (unpaired) electrons. The zero-order valence-corrected chi connectivity index (χ0v) is 17.9. The molecule has 0 aromatic carbocycles. The smallest absolute Gasteiger partial charge is 0.397 e. The number of esters is 1. The lowest BCUT2D eigenvalue weighted by Gasteiger charge is -2.57. The van der Waals surface area contributed by atoms with Crippen LogP contribution < -0.4 is 0 Å². The van der Waals surface area contributed by atoms with Gasteiger partial charge in [-0.3, -0.25) is 14.1 Å². The van der Waals surface area contributed by atoms with Crippen LogP contribution in [0.25, 0.3) is 0 Å². The molecule has 29 heavy (non-hydrogen) atoms. The van der Waals surface area contributed by atoms with Crippen molar-refractivity contribution >= 4 is 22.2 Å². The molecule has 4 rings (SSSR count). The van der Waals surface area contributed by atoms with Crippen molar-refractivity contribution in [2.45, 2.75) is 71.3 Å². The van der Waals surface area contributed by atoms with Gasteiger partial charge in [-0.2, -0.15) is 8.42 Å². The second-order valence-corrected chi connectivity index (χ2v) is 10.7. The molecule has 0 heterocycles. The summed E-state index contributed by atoms with van der Waals surface area (Å²) >= 11 is 0. The Morgan fingerprint density at radius 2 is 2.00 bits per heavy atom. The first-order valence-electron chi connectivity index (χ1n) is 10.6. The monoisotopic (exact) mass is 426 g/mol. The van der Waals surface area contributed by atoms with E-state index in [9.17, 15) is 22.6 Å². The molecule has 162 valence electrons. The number of fused-ring (bicyclic) bond motifs is 5. The summed E-state index contributed by atoms with van der Waals surface area (Å²) in [6.07, 6.45) is 7.83. The second-order valence-electron chi connectivity index (χ2n) is 9.58. The minimum Gasteiger partial charge on any atom is -0.462 e. The molecule has 7 nitrogen and oxygen atoms in total. The lowest BCUT2D eigenvalue weighted by Crippen LogP contribution is -2.53. The van der Waals surface area contributed by atoms with Crippen molar-refractivity contribution in [3.8, 4) is 0 Å². The number of rotatable bonds is 4. The Balaban J connectivity index is 1.67. The van der Waals surface area contributed by atoms with Gasteiger partial charge in [-0.25, -0.2) is 4.18 Å². The lowest BCUT2D eigenvalue weighted by molar-refractivity contribution is -0.149. The van der Waals surface area contributed by atoms with Gasteiger partial charge in [0.15, 0.2) is 0 Å². The highest BCUT2D eigenvalue weighted by molar-refractivity contribution is 7.80. The number of hydrogen-bond acceptors (Lipinski definition) is 6. The molecule has 0 saturated heterocycles. The largest absolute Gasteiger partial charge is 0.462 e. The van der Waals surface area contributed by atoms with Crippen LogP contribution in [0.3, 0.4) is 0 Å². The molecule has 4 aliphatic rings. The maximum Gasteiger partial charge on any atom is 0.397 e. The quantitative estimate of drug-likeness (QED) is 0.418. The van der Waals surface area contributed by atoms with Gasteiger partial charge >= 0.3 is 16.4 Å². The summed E-state index contributed by atoms with van der Waals surface area (Å²) in [7, 11) is -4.55. The van der Waals surface area contributed by atoms with Gasteiger partial charge in [0.1, 0.15) is 11.9 Å². The summed E-state index contributed by atoms with van der Waals surface area (Å²) < 4.78 is 42.4. The van der Waals surface area contributed by atoms with Crippen molar-refractivity contribution in [2.75, 3.05) is 6.61 Å². The molecule has 8 heteroatoms. The third-order valence-electron chi connectivity index (χ3n) is 8.29. The summed E-state index contributed by atoms with van der Waals surface area (Å²) in [5.74, 6) is 0.854. The van der Waals surface area contributed by atoms with E-state index >= 15 is 0 Å². The number of carbonyl (C=O) groups is 2. The highest BCUT2D eigenvalue weighted by Crippen LogP contribution is 2.64. The first-order chi connectivity index (χ1) is 13.6. The van der Waals surface area contributed by atoms with Crippen LogP contribution in [0.15, 0.2) is 11.6 Å². The average Bonchev–Trinajstić information content (AvgIpc) is 2.94. The standard InChI is InChI=1S/C21H30O7S/c1-13(22)28-15-7-10-21(12-27-29(24,25)26)14(11-15)3-4-16-17-5-6-19(23)20(17,2)9-8-18(16)21/h3,15-18H,4-12H2,1-2H3,(H,24,25,26)/t15-,16+,17+,18+,20+,21+/m0/s1. The van der Waals surface area contributed by atoms with Crippen LogP contribution in [0, 0.1) is 28.6 Å². The first kappa shape index (κ1) is 21.0. The first-order valence-corrected chi connectivity index (χ1v) is 11.9. The van der Waals surface area contributed by atoms with Crippen LogP contribution in [0.1, 0.15) is 65.2 Å². The number of ether oxygens (including phenoxy) is 1. The molecule has 0 aliphatic heterocycles. The molecule has 0 spiro atoms. The number of ketones is 1. The Labute approximate surface area is 172 Å². The van der Waals surface area contributed by atoms with E-state index in [1.165, 1.54) is 6.92 Å². The van der Waals surface area contributed by atoms with Gasteiger partial charge in [-0.05, 0) is 56.3 Å². The van der Waals surface area contributed by atoms with Crippen molar-refractivity contribution in [1.29, 1.82) is 0 Å². The molecule has 0 unspecified atom stereocenters. The third-order valence-corrected chi connectivity index (χ3v) is 8.71. The molecule has 6 atom stereocenters. The fraction of sp³-hybridized carbons (Fsp3) is 0.810. The van der Waals surface area contributed by atoms with Crippen molar-refractivity contribution < 1.29 is 31.5 Å². The predicted molar refractivity (Wildman–Crippen MR) is 104 cm³/mol. The molecule has 4 aliphatic carbocycles. The van der Waals surface area contributed by atoms with E-state index in [0.717, 1.165) is 31.3 Å². The predicted octanol–water partition coefficient (Wildman–Crippen LogP) is 3.25. The minimum atomic E-state index is -4.55. The zero-order valence-electron chi connectivity index (χ0n) is 17.1. The van der Waals surface area contributed by atoms with Gasteiger partial charge < -0.3 is 4.74 Å². The van der Waals surface area contributed by atoms with Gasteiger partial charge in [0.25, 0.3) is 0 Å². The molecule has 0 amide bonds. The Morgan fingerprint density at radius 3 is 2.69 bits per heavy atom. The molecule has 1 N–H and O–H groups in total. The number of allylic oxidation sites excluding steroid dienone is 1. The maximum absolute atomic E-state index is 12.6. The summed E-state index contributed by atoms with van der Waals surface area (Å²) in [6.45, 7) is 3.40. The second kappa shape index (κ2) is 7.17. The van der Waals surface area contributed by atoms with Gasteiger partial charge in [0.05, 0.1) is 6.61 Å². The highest BCUT2D eigenvalue weighted by atomic mass is 32.3. The fourth-order valence-electron chi connectivity index (χ4n) is 6.98. The van der Waals surface area contributed by atoms with Crippen LogP contribution >= 0.6 is 0 Å². The number of carbonyl (C=O) groups excluding carboxylic acids is 2. The van der Waals surface area contributed by atoms with Gasteiger partial charge in [0, 0.05) is 30.6 Å². The lowest BCUT2D eigenvalue weighted by atomic mass is 9.47. The molecule has 0 aromatic heterocycles. The Morgan fingerprint density at radius 1 is 1.24 bits per heavy atom. The van der Waals surface area contributed by atoms with Crippen LogP contribution in [-0.4, -0.2) is 37.4 Å². The number of Topliss-reactive ketones (excluding diaryl/α,β-unsaturated/α-hetero) is 1. The van der Waals surface area contributed by atoms with E-state index in [2.05, 4.69) is 13.0 Å². The molecular formula is C21H30O7S. The minimum absolute atomic E-state index is 0.0942. The summed E-state index contributed by atoms with van der Waals surface area (Å²) in [5.41, 5.74) is 0.308. The fourth-order valence-corrected chi connectivity index (χ4v) is 7.34. The van der Waals surface area contributed by atoms with Crippen LogP contribution in [0.4, 0.5) is 0 Å². The van der Waals surface area contributed by atoms with Crippen molar-refractivity contribution in [1.82, 2.24) is 0 Å². The molecule has 0 bridgehead atoms. The maximum atomic E-state index is 12.6. The summed E-state index contributed by atoms with van der Waals surface area (Å²) in [5, 5.41) is 0. The zero-order chi connectivity index (χ0) is 21.0. The van der Waals surface area contributed by atoms with E-state index in [1.807, 2.05) is 0 Å².